The number of amides is 1. The second kappa shape index (κ2) is 7.32. The van der Waals surface area contributed by atoms with Gasteiger partial charge in [-0.25, -0.2) is 0 Å². The number of carbonyl (C=O) groups excluding carboxylic acids is 1. The van der Waals surface area contributed by atoms with Crippen molar-refractivity contribution in [3.05, 3.63) is 59.1 Å². The maximum Gasteiger partial charge on any atom is 0.226 e. The average molecular weight is 300 g/mol. The van der Waals surface area contributed by atoms with E-state index in [0.717, 1.165) is 11.4 Å². The molecule has 0 saturated carbocycles. The van der Waals surface area contributed by atoms with Crippen LogP contribution in [0.15, 0.2) is 48.5 Å². The summed E-state index contributed by atoms with van der Waals surface area (Å²) in [5, 5.41) is 15.3. The van der Waals surface area contributed by atoms with E-state index in [0.29, 0.717) is 23.6 Å². The molecule has 0 fully saturated rings. The first-order chi connectivity index (χ1) is 10.2. The number of carbonyl (C=O) groups is 1. The van der Waals surface area contributed by atoms with Gasteiger partial charge in [-0.3, -0.25) is 4.79 Å². The second-order valence-electron chi connectivity index (χ2n) is 4.42. The van der Waals surface area contributed by atoms with Gasteiger partial charge in [-0.2, -0.15) is 5.26 Å². The molecule has 0 aliphatic heterocycles. The molecule has 2 N–H and O–H groups in total. The van der Waals surface area contributed by atoms with Crippen LogP contribution < -0.4 is 10.6 Å². The number of rotatable bonds is 5. The van der Waals surface area contributed by atoms with E-state index in [1.807, 2.05) is 12.1 Å². The lowest BCUT2D eigenvalue weighted by molar-refractivity contribution is -0.115. The Labute approximate surface area is 128 Å². The van der Waals surface area contributed by atoms with E-state index in [1.165, 1.54) is 0 Å². The third-order valence-corrected chi connectivity index (χ3v) is 3.08. The van der Waals surface area contributed by atoms with Gasteiger partial charge in [0.15, 0.2) is 0 Å². The molecule has 2 rings (SSSR count). The predicted octanol–water partition coefficient (Wildman–Crippen LogP) is 3.65. The van der Waals surface area contributed by atoms with Gasteiger partial charge in [-0.05, 0) is 48.5 Å². The van der Waals surface area contributed by atoms with E-state index < -0.39 is 0 Å². The number of benzene rings is 2. The van der Waals surface area contributed by atoms with Gasteiger partial charge in [0.2, 0.25) is 5.91 Å². The summed E-state index contributed by atoms with van der Waals surface area (Å²) in [6, 6.07) is 16.1. The molecule has 106 valence electrons. The van der Waals surface area contributed by atoms with Crippen molar-refractivity contribution in [2.75, 3.05) is 17.2 Å². The molecule has 0 radical (unpaired) electrons. The third kappa shape index (κ3) is 4.83. The van der Waals surface area contributed by atoms with E-state index in [4.69, 9.17) is 16.9 Å². The largest absolute Gasteiger partial charge is 0.385 e. The lowest BCUT2D eigenvalue weighted by atomic mass is 10.2. The Morgan fingerprint density at radius 1 is 1.05 bits per heavy atom. The fourth-order valence-corrected chi connectivity index (χ4v) is 1.87. The molecule has 0 unspecified atom stereocenters. The van der Waals surface area contributed by atoms with Gasteiger partial charge in [-0.15, -0.1) is 0 Å². The van der Waals surface area contributed by atoms with Crippen molar-refractivity contribution in [1.29, 1.82) is 5.26 Å². The molecular weight excluding hydrogens is 286 g/mol. The molecular formula is C16H14ClN3O. The van der Waals surface area contributed by atoms with Crippen LogP contribution in [0.25, 0.3) is 0 Å². The number of hydrogen-bond acceptors (Lipinski definition) is 3. The van der Waals surface area contributed by atoms with Crippen molar-refractivity contribution in [3.63, 3.8) is 0 Å². The quantitative estimate of drug-likeness (QED) is 0.885. The molecule has 21 heavy (non-hydrogen) atoms. The first-order valence-electron chi connectivity index (χ1n) is 6.47. The smallest absolute Gasteiger partial charge is 0.226 e. The van der Waals surface area contributed by atoms with E-state index in [-0.39, 0.29) is 5.91 Å². The second-order valence-corrected chi connectivity index (χ2v) is 4.86. The Hall–Kier alpha value is -2.51. The van der Waals surface area contributed by atoms with Crippen molar-refractivity contribution in [1.82, 2.24) is 0 Å². The zero-order valence-electron chi connectivity index (χ0n) is 11.3. The molecule has 0 heterocycles. The van der Waals surface area contributed by atoms with Crippen molar-refractivity contribution in [2.24, 2.45) is 0 Å². The molecule has 0 bridgehead atoms. The molecule has 0 atom stereocenters. The molecule has 0 aliphatic rings. The SMILES string of the molecule is N#Cc1ccc(NCCC(=O)Nc2ccc(Cl)cc2)cc1. The topological polar surface area (TPSA) is 64.9 Å². The predicted molar refractivity (Wildman–Crippen MR) is 84.3 cm³/mol. The highest BCUT2D eigenvalue weighted by Crippen LogP contribution is 2.13. The molecule has 5 heteroatoms. The van der Waals surface area contributed by atoms with Gasteiger partial charge in [0.05, 0.1) is 11.6 Å². The molecule has 1 amide bonds. The summed E-state index contributed by atoms with van der Waals surface area (Å²) >= 11 is 5.78. The van der Waals surface area contributed by atoms with Gasteiger partial charge in [0, 0.05) is 29.4 Å². The number of anilines is 2. The van der Waals surface area contributed by atoms with Crippen LogP contribution in [0.2, 0.25) is 5.02 Å². The lowest BCUT2D eigenvalue weighted by Crippen LogP contribution is -2.16. The molecule has 4 nitrogen and oxygen atoms in total. The highest BCUT2D eigenvalue weighted by molar-refractivity contribution is 6.30. The Morgan fingerprint density at radius 3 is 2.29 bits per heavy atom. The van der Waals surface area contributed by atoms with Gasteiger partial charge < -0.3 is 10.6 Å². The first kappa shape index (κ1) is 14.9. The summed E-state index contributed by atoms with van der Waals surface area (Å²) < 4.78 is 0. The van der Waals surface area contributed by atoms with Crippen LogP contribution in [0.4, 0.5) is 11.4 Å². The van der Waals surface area contributed by atoms with E-state index in [9.17, 15) is 4.79 Å². The summed E-state index contributed by atoms with van der Waals surface area (Å²) in [5.74, 6) is -0.0709. The first-order valence-corrected chi connectivity index (χ1v) is 6.84. The number of nitrogens with one attached hydrogen (secondary N) is 2. The molecule has 2 aromatic carbocycles. The third-order valence-electron chi connectivity index (χ3n) is 2.82. The molecule has 0 saturated heterocycles. The Balaban J connectivity index is 1.76. The number of hydrogen-bond donors (Lipinski definition) is 2. The summed E-state index contributed by atoms with van der Waals surface area (Å²) in [6.45, 7) is 0.519. The average Bonchev–Trinajstić information content (AvgIpc) is 2.50. The Bertz CT molecular complexity index is 645. The fourth-order valence-electron chi connectivity index (χ4n) is 1.74. The minimum absolute atomic E-state index is 0.0709. The van der Waals surface area contributed by atoms with Crippen molar-refractivity contribution < 1.29 is 4.79 Å². The number of halogens is 1. The van der Waals surface area contributed by atoms with Gasteiger partial charge in [0.1, 0.15) is 0 Å². The minimum Gasteiger partial charge on any atom is -0.385 e. The Kier molecular flexibility index (Phi) is 5.19. The maximum atomic E-state index is 11.8. The van der Waals surface area contributed by atoms with Crippen LogP contribution in [-0.2, 0) is 4.79 Å². The van der Waals surface area contributed by atoms with Gasteiger partial charge in [-0.1, -0.05) is 11.6 Å². The van der Waals surface area contributed by atoms with Crippen LogP contribution >= 0.6 is 11.6 Å². The van der Waals surface area contributed by atoms with Crippen LogP contribution in [0.1, 0.15) is 12.0 Å². The molecule has 0 spiro atoms. The summed E-state index contributed by atoms with van der Waals surface area (Å²) in [6.07, 6.45) is 0.350. The standard InChI is InChI=1S/C16H14ClN3O/c17-13-3-7-15(8-4-13)20-16(21)9-10-19-14-5-1-12(11-18)2-6-14/h1-8,19H,9-10H2,(H,20,21). The van der Waals surface area contributed by atoms with Crippen LogP contribution in [0, 0.1) is 11.3 Å². The monoisotopic (exact) mass is 299 g/mol. The summed E-state index contributed by atoms with van der Waals surface area (Å²) in [4.78, 5) is 11.8. The van der Waals surface area contributed by atoms with Gasteiger partial charge >= 0.3 is 0 Å². The zero-order chi connectivity index (χ0) is 15.1. The normalized spacial score (nSPS) is 9.71. The van der Waals surface area contributed by atoms with E-state index in [2.05, 4.69) is 16.7 Å². The highest BCUT2D eigenvalue weighted by Gasteiger charge is 2.02. The van der Waals surface area contributed by atoms with Crippen LogP contribution in [-0.4, -0.2) is 12.5 Å². The van der Waals surface area contributed by atoms with E-state index in [1.54, 1.807) is 36.4 Å². The van der Waals surface area contributed by atoms with Crippen LogP contribution in [0.3, 0.4) is 0 Å². The van der Waals surface area contributed by atoms with E-state index >= 15 is 0 Å². The maximum absolute atomic E-state index is 11.8. The molecule has 0 aliphatic carbocycles. The summed E-state index contributed by atoms with van der Waals surface area (Å²) in [5.41, 5.74) is 2.22. The molecule has 2 aromatic rings. The zero-order valence-corrected chi connectivity index (χ0v) is 12.0. The molecule has 0 aromatic heterocycles. The number of nitrogens with zero attached hydrogens (tertiary/aromatic N) is 1. The number of nitriles is 1. The lowest BCUT2D eigenvalue weighted by Gasteiger charge is -2.07. The summed E-state index contributed by atoms with van der Waals surface area (Å²) in [7, 11) is 0. The van der Waals surface area contributed by atoms with Gasteiger partial charge in [0.25, 0.3) is 0 Å². The van der Waals surface area contributed by atoms with Crippen LogP contribution in [0.5, 0.6) is 0 Å². The highest BCUT2D eigenvalue weighted by atomic mass is 35.5. The Morgan fingerprint density at radius 2 is 1.67 bits per heavy atom. The van der Waals surface area contributed by atoms with Crippen molar-refractivity contribution in [2.45, 2.75) is 6.42 Å². The fraction of sp³-hybridized carbons (Fsp3) is 0.125. The van der Waals surface area contributed by atoms with Crippen molar-refractivity contribution >= 4 is 28.9 Å². The minimum atomic E-state index is -0.0709. The van der Waals surface area contributed by atoms with Crippen molar-refractivity contribution in [3.8, 4) is 6.07 Å².